The van der Waals surface area contributed by atoms with Gasteiger partial charge in [0.1, 0.15) is 5.82 Å². The highest BCUT2D eigenvalue weighted by molar-refractivity contribution is 5.94. The van der Waals surface area contributed by atoms with Gasteiger partial charge < -0.3 is 15.5 Å². The van der Waals surface area contributed by atoms with Crippen LogP contribution in [-0.2, 0) is 0 Å². The van der Waals surface area contributed by atoms with E-state index >= 15 is 0 Å². The van der Waals surface area contributed by atoms with Gasteiger partial charge in [-0.2, -0.15) is 5.10 Å². The lowest BCUT2D eigenvalue weighted by atomic mass is 9.92. The number of amides is 1. The maximum Gasteiger partial charge on any atom is 0.275 e. The maximum atomic E-state index is 12.9. The van der Waals surface area contributed by atoms with Crippen LogP contribution in [0.15, 0.2) is 30.5 Å². The van der Waals surface area contributed by atoms with Crippen molar-refractivity contribution in [1.29, 1.82) is 0 Å². The summed E-state index contributed by atoms with van der Waals surface area (Å²) in [5.74, 6) is -1.33. The number of aliphatic hydroxyl groups is 1. The zero-order valence-corrected chi connectivity index (χ0v) is 13.2. The number of benzene rings is 1. The van der Waals surface area contributed by atoms with Crippen LogP contribution in [0.1, 0.15) is 31.3 Å². The molecule has 3 N–H and O–H groups in total. The van der Waals surface area contributed by atoms with Crippen LogP contribution in [0.5, 0.6) is 5.75 Å². The Morgan fingerprint density at radius 3 is 2.57 bits per heavy atom. The highest BCUT2D eigenvalue weighted by Crippen LogP contribution is 2.19. The normalized spacial score (nSPS) is 13.8. The third-order valence-electron chi connectivity index (χ3n) is 3.85. The first-order valence-electron chi connectivity index (χ1n) is 7.26. The topological polar surface area (TPSA) is 87.4 Å². The zero-order chi connectivity index (χ0) is 17.2. The Kier molecular flexibility index (Phi) is 4.70. The van der Waals surface area contributed by atoms with Crippen LogP contribution in [0, 0.1) is 11.7 Å². The van der Waals surface area contributed by atoms with Crippen molar-refractivity contribution in [3.05, 3.63) is 42.0 Å². The van der Waals surface area contributed by atoms with Gasteiger partial charge in [-0.15, -0.1) is 0 Å². The van der Waals surface area contributed by atoms with Crippen molar-refractivity contribution in [1.82, 2.24) is 15.1 Å². The van der Waals surface area contributed by atoms with Crippen molar-refractivity contribution in [2.45, 2.75) is 26.4 Å². The molecule has 6 nitrogen and oxygen atoms in total. The minimum atomic E-state index is -1.06. The highest BCUT2D eigenvalue weighted by Gasteiger charge is 2.27. The number of halogens is 1. The van der Waals surface area contributed by atoms with Crippen molar-refractivity contribution < 1.29 is 19.4 Å². The summed E-state index contributed by atoms with van der Waals surface area (Å²) in [4.78, 5) is 12.1. The van der Waals surface area contributed by atoms with E-state index in [4.69, 9.17) is 0 Å². The molecule has 0 aliphatic carbocycles. The number of carbonyl (C=O) groups is 1. The summed E-state index contributed by atoms with van der Waals surface area (Å²) in [6, 6.07) is 5.47. The van der Waals surface area contributed by atoms with Gasteiger partial charge in [-0.3, -0.25) is 4.79 Å². The molecule has 2 rings (SSSR count). The molecule has 0 bridgehead atoms. The van der Waals surface area contributed by atoms with E-state index in [1.165, 1.54) is 35.1 Å². The Balaban J connectivity index is 2.14. The van der Waals surface area contributed by atoms with Gasteiger partial charge in [0, 0.05) is 6.54 Å². The molecular weight excluding hydrogens is 301 g/mol. The summed E-state index contributed by atoms with van der Waals surface area (Å²) in [7, 11) is 0. The van der Waals surface area contributed by atoms with Crippen molar-refractivity contribution >= 4 is 5.91 Å². The van der Waals surface area contributed by atoms with E-state index in [1.807, 2.05) is 13.8 Å². The second-order valence-corrected chi connectivity index (χ2v) is 5.98. The number of rotatable bonds is 5. The molecule has 0 spiro atoms. The Hall–Kier alpha value is -2.41. The van der Waals surface area contributed by atoms with E-state index in [-0.39, 0.29) is 29.7 Å². The second kappa shape index (κ2) is 6.37. The molecule has 1 aromatic heterocycles. The molecule has 23 heavy (non-hydrogen) atoms. The molecular formula is C16H20FN3O3. The number of aromatic nitrogens is 2. The van der Waals surface area contributed by atoms with Crippen molar-refractivity contribution in [3.63, 3.8) is 0 Å². The number of nitrogens with zero attached hydrogens (tertiary/aromatic N) is 2. The van der Waals surface area contributed by atoms with E-state index in [2.05, 4.69) is 10.4 Å². The van der Waals surface area contributed by atoms with Gasteiger partial charge >= 0.3 is 0 Å². The molecule has 1 aromatic carbocycles. The molecule has 2 aromatic rings. The third-order valence-corrected chi connectivity index (χ3v) is 3.85. The minimum Gasteiger partial charge on any atom is -0.504 e. The number of carbonyl (C=O) groups excluding carboxylic acids is 1. The Morgan fingerprint density at radius 1 is 1.39 bits per heavy atom. The number of hydrogen-bond acceptors (Lipinski definition) is 4. The van der Waals surface area contributed by atoms with Crippen LogP contribution < -0.4 is 5.32 Å². The van der Waals surface area contributed by atoms with Gasteiger partial charge in [0.25, 0.3) is 5.91 Å². The predicted octanol–water partition coefficient (Wildman–Crippen LogP) is 1.85. The lowest BCUT2D eigenvalue weighted by Gasteiger charge is -2.27. The van der Waals surface area contributed by atoms with E-state index in [1.54, 1.807) is 6.92 Å². The first-order chi connectivity index (χ1) is 10.7. The Bertz CT molecular complexity index is 693. The SMILES string of the molecule is CC(C)C(C)(O)CNC(=O)c1nn(-c2ccc(F)cc2)cc1O. The number of hydrogen-bond donors (Lipinski definition) is 3. The summed E-state index contributed by atoms with van der Waals surface area (Å²) in [5, 5.41) is 26.6. The van der Waals surface area contributed by atoms with E-state index in [0.29, 0.717) is 5.69 Å². The first kappa shape index (κ1) is 17.0. The van der Waals surface area contributed by atoms with Crippen LogP contribution in [0.2, 0.25) is 0 Å². The van der Waals surface area contributed by atoms with Gasteiger partial charge in [0.2, 0.25) is 0 Å². The van der Waals surface area contributed by atoms with Gasteiger partial charge in [0.05, 0.1) is 17.5 Å². The van der Waals surface area contributed by atoms with Crippen LogP contribution in [0.25, 0.3) is 5.69 Å². The Labute approximate surface area is 133 Å². The fourth-order valence-corrected chi connectivity index (χ4v) is 1.80. The predicted molar refractivity (Wildman–Crippen MR) is 83.0 cm³/mol. The highest BCUT2D eigenvalue weighted by atomic mass is 19.1. The lowest BCUT2D eigenvalue weighted by Crippen LogP contribution is -2.44. The molecule has 7 heteroatoms. The molecule has 0 fully saturated rings. The molecule has 1 amide bonds. The van der Waals surface area contributed by atoms with Gasteiger partial charge in [-0.25, -0.2) is 9.07 Å². The molecule has 0 saturated heterocycles. The zero-order valence-electron chi connectivity index (χ0n) is 13.2. The maximum absolute atomic E-state index is 12.9. The smallest absolute Gasteiger partial charge is 0.275 e. The quantitative estimate of drug-likeness (QED) is 0.784. The minimum absolute atomic E-state index is 0.0341. The standard InChI is InChI=1S/C16H20FN3O3/c1-10(2)16(3,23)9-18-15(22)14-13(21)8-20(19-14)12-6-4-11(17)5-7-12/h4-8,10,21,23H,9H2,1-3H3,(H,18,22). The summed E-state index contributed by atoms with van der Waals surface area (Å²) >= 11 is 0. The molecule has 124 valence electrons. The molecule has 0 saturated carbocycles. The number of aromatic hydroxyl groups is 1. The third kappa shape index (κ3) is 3.87. The first-order valence-corrected chi connectivity index (χ1v) is 7.26. The van der Waals surface area contributed by atoms with Crippen LogP contribution >= 0.6 is 0 Å². The molecule has 0 aliphatic heterocycles. The monoisotopic (exact) mass is 321 g/mol. The summed E-state index contributed by atoms with van der Waals surface area (Å²) in [6.45, 7) is 5.33. The largest absolute Gasteiger partial charge is 0.504 e. The fraction of sp³-hybridized carbons (Fsp3) is 0.375. The molecule has 1 atom stereocenters. The van der Waals surface area contributed by atoms with Gasteiger partial charge in [0.15, 0.2) is 11.4 Å². The van der Waals surface area contributed by atoms with Gasteiger partial charge in [-0.1, -0.05) is 13.8 Å². The second-order valence-electron chi connectivity index (χ2n) is 5.98. The van der Waals surface area contributed by atoms with Crippen molar-refractivity contribution in [3.8, 4) is 11.4 Å². The van der Waals surface area contributed by atoms with E-state index < -0.39 is 11.5 Å². The Morgan fingerprint density at radius 2 is 2.00 bits per heavy atom. The van der Waals surface area contributed by atoms with Crippen molar-refractivity contribution in [2.75, 3.05) is 6.54 Å². The fourth-order valence-electron chi connectivity index (χ4n) is 1.80. The lowest BCUT2D eigenvalue weighted by molar-refractivity contribution is 0.0141. The molecule has 1 heterocycles. The van der Waals surface area contributed by atoms with Gasteiger partial charge in [-0.05, 0) is 37.1 Å². The van der Waals surface area contributed by atoms with E-state index in [9.17, 15) is 19.4 Å². The average molecular weight is 321 g/mol. The van der Waals surface area contributed by atoms with E-state index in [0.717, 1.165) is 0 Å². The molecule has 0 radical (unpaired) electrons. The average Bonchev–Trinajstić information content (AvgIpc) is 2.87. The summed E-state index contributed by atoms with van der Waals surface area (Å²) in [6.07, 6.45) is 1.27. The van der Waals surface area contributed by atoms with Crippen LogP contribution in [0.3, 0.4) is 0 Å². The van der Waals surface area contributed by atoms with Crippen LogP contribution in [-0.4, -0.2) is 38.0 Å². The summed E-state index contributed by atoms with van der Waals surface area (Å²) in [5.41, 5.74) is -0.714. The van der Waals surface area contributed by atoms with Crippen LogP contribution in [0.4, 0.5) is 4.39 Å². The molecule has 0 aliphatic rings. The summed E-state index contributed by atoms with van der Waals surface area (Å²) < 4.78 is 14.2. The molecule has 1 unspecified atom stereocenters. The van der Waals surface area contributed by atoms with Crippen molar-refractivity contribution in [2.24, 2.45) is 5.92 Å². The number of nitrogens with one attached hydrogen (secondary N) is 1.